The fraction of sp³-hybridized carbons (Fsp3) is 0.211. The normalized spacial score (nSPS) is 11.9. The Labute approximate surface area is 174 Å². The monoisotopic (exact) mass is 436 g/mol. The second-order valence-electron chi connectivity index (χ2n) is 6.13. The number of nitrogen functional groups attached to an aromatic ring is 1. The van der Waals surface area contributed by atoms with Gasteiger partial charge in [-0.3, -0.25) is 9.78 Å². The van der Waals surface area contributed by atoms with Crippen molar-refractivity contribution in [1.82, 2.24) is 9.97 Å². The lowest BCUT2D eigenvalue weighted by atomic mass is 10.2. The number of hydrogen-bond acceptors (Lipinski definition) is 8. The molecule has 30 heavy (non-hydrogen) atoms. The van der Waals surface area contributed by atoms with Gasteiger partial charge in [0.1, 0.15) is 33.1 Å². The zero-order chi connectivity index (χ0) is 21.7. The Morgan fingerprint density at radius 1 is 1.30 bits per heavy atom. The molecule has 11 heteroatoms. The number of aromatic nitrogens is 2. The van der Waals surface area contributed by atoms with E-state index in [-0.39, 0.29) is 45.7 Å². The van der Waals surface area contributed by atoms with Gasteiger partial charge >= 0.3 is 0 Å². The van der Waals surface area contributed by atoms with Gasteiger partial charge in [0, 0.05) is 18.7 Å². The van der Waals surface area contributed by atoms with Crippen LogP contribution in [0.25, 0.3) is 10.6 Å². The van der Waals surface area contributed by atoms with Gasteiger partial charge in [-0.05, 0) is 12.1 Å². The quantitative estimate of drug-likeness (QED) is 0.427. The molecule has 2 aromatic heterocycles. The molecule has 0 bridgehead atoms. The molecule has 8 nitrogen and oxygen atoms in total. The number of ether oxygens (including phenoxy) is 1. The number of halogens is 2. The number of carbonyl (C=O) groups excluding carboxylic acids is 1. The summed E-state index contributed by atoms with van der Waals surface area (Å²) >= 11 is 0.786. The lowest BCUT2D eigenvalue weighted by Crippen LogP contribution is -2.17. The van der Waals surface area contributed by atoms with Crippen LogP contribution in [0.2, 0.25) is 0 Å². The number of nitrogens with one attached hydrogen (secondary N) is 1. The van der Waals surface area contributed by atoms with Crippen molar-refractivity contribution >= 4 is 27.9 Å². The average Bonchev–Trinajstić information content (AvgIpc) is 3.10. The van der Waals surface area contributed by atoms with Gasteiger partial charge in [0.15, 0.2) is 5.69 Å². The summed E-state index contributed by atoms with van der Waals surface area (Å²) in [6.07, 6.45) is 2.05. The average molecular weight is 436 g/mol. The summed E-state index contributed by atoms with van der Waals surface area (Å²) in [5.41, 5.74) is 5.52. The second kappa shape index (κ2) is 9.57. The Morgan fingerprint density at radius 2 is 2.03 bits per heavy atom. The number of thiazole rings is 1. The van der Waals surface area contributed by atoms with Crippen molar-refractivity contribution in [3.8, 4) is 16.3 Å². The Hall–Kier alpha value is -3.15. The molecule has 158 valence electrons. The van der Waals surface area contributed by atoms with Gasteiger partial charge in [-0.1, -0.05) is 17.4 Å². The lowest BCUT2D eigenvalue weighted by Gasteiger charge is -2.13. The Kier molecular flexibility index (Phi) is 6.87. The number of hydrogen-bond donors (Lipinski definition) is 4. The second-order valence-corrected chi connectivity index (χ2v) is 7.16. The number of nitrogens with zero attached hydrogens (tertiary/aromatic N) is 2. The van der Waals surface area contributed by atoms with Crippen molar-refractivity contribution in [3.63, 3.8) is 0 Å². The zero-order valence-electron chi connectivity index (χ0n) is 15.5. The van der Waals surface area contributed by atoms with Gasteiger partial charge in [-0.2, -0.15) is 0 Å². The summed E-state index contributed by atoms with van der Waals surface area (Å²) in [5.74, 6) is -2.06. The predicted molar refractivity (Wildman–Crippen MR) is 107 cm³/mol. The van der Waals surface area contributed by atoms with Crippen LogP contribution in [0.4, 0.5) is 19.5 Å². The van der Waals surface area contributed by atoms with E-state index >= 15 is 0 Å². The molecule has 3 aromatic rings. The van der Waals surface area contributed by atoms with E-state index in [0.29, 0.717) is 0 Å². The highest BCUT2D eigenvalue weighted by atomic mass is 32.1. The number of benzene rings is 1. The van der Waals surface area contributed by atoms with Gasteiger partial charge in [0.25, 0.3) is 5.91 Å². The SMILES string of the molecule is Nc1sc(-c2c(F)cccc2F)nc1C(=O)Nc1cnccc1OCCC(O)CO. The highest BCUT2D eigenvalue weighted by Gasteiger charge is 2.22. The maximum Gasteiger partial charge on any atom is 0.277 e. The third kappa shape index (κ3) is 4.87. The molecule has 0 spiro atoms. The summed E-state index contributed by atoms with van der Waals surface area (Å²) in [6.45, 7) is -0.304. The minimum Gasteiger partial charge on any atom is -0.491 e. The van der Waals surface area contributed by atoms with E-state index in [1.54, 1.807) is 0 Å². The molecule has 0 saturated heterocycles. The number of pyridine rings is 1. The largest absolute Gasteiger partial charge is 0.491 e. The Balaban J connectivity index is 1.78. The first kappa shape index (κ1) is 21.6. The van der Waals surface area contributed by atoms with E-state index in [4.69, 9.17) is 15.6 Å². The number of aliphatic hydroxyl groups is 2. The van der Waals surface area contributed by atoms with Gasteiger partial charge in [0.2, 0.25) is 0 Å². The van der Waals surface area contributed by atoms with Crippen molar-refractivity contribution in [1.29, 1.82) is 0 Å². The molecule has 1 amide bonds. The first-order valence-corrected chi connectivity index (χ1v) is 9.60. The molecular weight excluding hydrogens is 418 g/mol. The minimum atomic E-state index is -0.920. The van der Waals surface area contributed by atoms with Crippen LogP contribution in [-0.4, -0.2) is 45.4 Å². The summed E-state index contributed by atoms with van der Waals surface area (Å²) in [4.78, 5) is 20.6. The number of aliphatic hydroxyl groups excluding tert-OH is 2. The standard InChI is InChI=1S/C19H18F2N4O4S/c20-11-2-1-3-12(21)15(11)19-25-16(17(22)30-19)18(28)24-13-8-23-6-4-14(13)29-7-5-10(27)9-26/h1-4,6,8,10,26-27H,5,7,9,22H2,(H,24,28). The third-order valence-electron chi connectivity index (χ3n) is 3.99. The maximum absolute atomic E-state index is 14.0. The number of nitrogens with two attached hydrogens (primary N) is 1. The molecule has 0 aliphatic carbocycles. The van der Waals surface area contributed by atoms with Gasteiger partial charge < -0.3 is 26.0 Å². The van der Waals surface area contributed by atoms with E-state index in [0.717, 1.165) is 23.5 Å². The minimum absolute atomic E-state index is 0.0115. The van der Waals surface area contributed by atoms with Crippen LogP contribution in [0.1, 0.15) is 16.9 Å². The fourth-order valence-corrected chi connectivity index (χ4v) is 3.36. The number of rotatable bonds is 8. The van der Waals surface area contributed by atoms with Crippen LogP contribution in [0, 0.1) is 11.6 Å². The smallest absolute Gasteiger partial charge is 0.277 e. The van der Waals surface area contributed by atoms with Crippen molar-refractivity contribution in [3.05, 3.63) is 54.0 Å². The summed E-state index contributed by atoms with van der Waals surface area (Å²) in [6, 6.07) is 4.90. The molecular formula is C19H18F2N4O4S. The fourth-order valence-electron chi connectivity index (χ4n) is 2.48. The molecule has 1 atom stereocenters. The highest BCUT2D eigenvalue weighted by Crippen LogP contribution is 2.34. The molecule has 0 aliphatic heterocycles. The summed E-state index contributed by atoms with van der Waals surface area (Å²) < 4.78 is 33.5. The molecule has 0 radical (unpaired) electrons. The molecule has 2 heterocycles. The Bertz CT molecular complexity index is 1030. The van der Waals surface area contributed by atoms with Crippen molar-refractivity contribution < 1.29 is 28.5 Å². The van der Waals surface area contributed by atoms with E-state index in [2.05, 4.69) is 15.3 Å². The number of anilines is 2. The first-order chi connectivity index (χ1) is 14.4. The third-order valence-corrected chi connectivity index (χ3v) is 4.90. The zero-order valence-corrected chi connectivity index (χ0v) is 16.3. The number of amides is 1. The van der Waals surface area contributed by atoms with Gasteiger partial charge in [-0.15, -0.1) is 0 Å². The van der Waals surface area contributed by atoms with E-state index in [1.807, 2.05) is 0 Å². The highest BCUT2D eigenvalue weighted by molar-refractivity contribution is 7.19. The molecule has 0 fully saturated rings. The van der Waals surface area contributed by atoms with E-state index in [9.17, 15) is 18.7 Å². The molecule has 1 aromatic carbocycles. The van der Waals surface area contributed by atoms with E-state index < -0.39 is 30.3 Å². The lowest BCUT2D eigenvalue weighted by molar-refractivity contribution is 0.0754. The molecule has 5 N–H and O–H groups in total. The Morgan fingerprint density at radius 3 is 2.73 bits per heavy atom. The topological polar surface area (TPSA) is 131 Å². The van der Waals surface area contributed by atoms with Crippen LogP contribution in [0.15, 0.2) is 36.7 Å². The van der Waals surface area contributed by atoms with Crippen molar-refractivity contribution in [2.24, 2.45) is 0 Å². The van der Waals surface area contributed by atoms with Crippen LogP contribution in [0.3, 0.4) is 0 Å². The predicted octanol–water partition coefficient (Wildman–Crippen LogP) is 2.44. The van der Waals surface area contributed by atoms with Crippen LogP contribution in [0.5, 0.6) is 5.75 Å². The van der Waals surface area contributed by atoms with Crippen LogP contribution in [-0.2, 0) is 0 Å². The van der Waals surface area contributed by atoms with Crippen molar-refractivity contribution in [2.75, 3.05) is 24.3 Å². The molecule has 0 aliphatic rings. The van der Waals surface area contributed by atoms with Crippen LogP contribution < -0.4 is 15.8 Å². The van der Waals surface area contributed by atoms with Crippen molar-refractivity contribution in [2.45, 2.75) is 12.5 Å². The number of carbonyl (C=O) groups is 1. The van der Waals surface area contributed by atoms with Gasteiger partial charge in [-0.25, -0.2) is 13.8 Å². The maximum atomic E-state index is 14.0. The summed E-state index contributed by atoms with van der Waals surface area (Å²) in [5, 5.41) is 20.7. The summed E-state index contributed by atoms with van der Waals surface area (Å²) in [7, 11) is 0. The first-order valence-electron chi connectivity index (χ1n) is 8.78. The van der Waals surface area contributed by atoms with Gasteiger partial charge in [0.05, 0.1) is 31.1 Å². The molecule has 0 saturated carbocycles. The molecule has 1 unspecified atom stereocenters. The molecule has 3 rings (SSSR count). The van der Waals surface area contributed by atoms with Crippen LogP contribution >= 0.6 is 11.3 Å². The van der Waals surface area contributed by atoms with E-state index in [1.165, 1.54) is 24.5 Å².